The van der Waals surface area contributed by atoms with E-state index in [1.54, 1.807) is 13.0 Å². The minimum atomic E-state index is -0.553. The summed E-state index contributed by atoms with van der Waals surface area (Å²) < 4.78 is 19.4. The van der Waals surface area contributed by atoms with Crippen LogP contribution in [0.3, 0.4) is 0 Å². The molecule has 0 fully saturated rings. The Morgan fingerprint density at radius 2 is 1.97 bits per heavy atom. The van der Waals surface area contributed by atoms with Gasteiger partial charge in [0.15, 0.2) is 0 Å². The average molecular weight is 416 g/mol. The predicted molar refractivity (Wildman–Crippen MR) is 111 cm³/mol. The monoisotopic (exact) mass is 415 g/mol. The molecule has 1 N–H and O–H groups in total. The first-order chi connectivity index (χ1) is 14.0. The molecule has 0 aliphatic rings. The molecule has 0 bridgehead atoms. The van der Waals surface area contributed by atoms with Gasteiger partial charge in [-0.15, -0.1) is 0 Å². The zero-order valence-electron chi connectivity index (χ0n) is 16.4. The van der Waals surface area contributed by atoms with Crippen LogP contribution < -0.4 is 5.32 Å². The van der Waals surface area contributed by atoms with E-state index in [1.165, 1.54) is 17.7 Å². The summed E-state index contributed by atoms with van der Waals surface area (Å²) in [4.78, 5) is 14.9. The van der Waals surface area contributed by atoms with E-state index in [-0.39, 0.29) is 27.8 Å². The summed E-state index contributed by atoms with van der Waals surface area (Å²) in [6.45, 7) is 3.76. The average Bonchev–Trinajstić information content (AvgIpc) is 3.07. The molecule has 5 nitrogen and oxygen atoms in total. The van der Waals surface area contributed by atoms with E-state index >= 15 is 0 Å². The van der Waals surface area contributed by atoms with E-state index in [0.717, 1.165) is 19.5 Å². The smallest absolute Gasteiger partial charge is 0.257 e. The van der Waals surface area contributed by atoms with E-state index < -0.39 is 5.82 Å². The van der Waals surface area contributed by atoms with E-state index in [4.69, 9.17) is 16.1 Å². The Kier molecular flexibility index (Phi) is 7.01. The van der Waals surface area contributed by atoms with Crippen LogP contribution in [0.5, 0.6) is 0 Å². The Morgan fingerprint density at radius 1 is 1.21 bits per heavy atom. The van der Waals surface area contributed by atoms with Crippen molar-refractivity contribution in [2.75, 3.05) is 20.1 Å². The van der Waals surface area contributed by atoms with E-state index in [1.807, 2.05) is 25.2 Å². The summed E-state index contributed by atoms with van der Waals surface area (Å²) in [5.41, 5.74) is 1.63. The van der Waals surface area contributed by atoms with Crippen LogP contribution in [0.1, 0.15) is 28.1 Å². The number of hydrogen-bond donors (Lipinski definition) is 1. The largest absolute Gasteiger partial charge is 0.360 e. The molecule has 2 aromatic carbocycles. The van der Waals surface area contributed by atoms with Crippen LogP contribution >= 0.6 is 11.6 Å². The summed E-state index contributed by atoms with van der Waals surface area (Å²) in [6.07, 6.45) is 0.773. The van der Waals surface area contributed by atoms with Crippen LogP contribution in [-0.2, 0) is 6.54 Å². The van der Waals surface area contributed by atoms with Crippen molar-refractivity contribution >= 4 is 17.5 Å². The second kappa shape index (κ2) is 9.67. The lowest BCUT2D eigenvalue weighted by atomic mass is 10.0. The normalized spacial score (nSPS) is 11.1. The van der Waals surface area contributed by atoms with Gasteiger partial charge in [0, 0.05) is 13.1 Å². The van der Waals surface area contributed by atoms with Crippen LogP contribution in [0.15, 0.2) is 53.1 Å². The number of nitrogens with one attached hydrogen (secondary N) is 1. The summed E-state index contributed by atoms with van der Waals surface area (Å²) in [5, 5.41) is 6.90. The molecule has 0 radical (unpaired) electrons. The molecule has 29 heavy (non-hydrogen) atoms. The molecular weight excluding hydrogens is 393 g/mol. The Balaban J connectivity index is 1.58. The third kappa shape index (κ3) is 5.22. The Bertz CT molecular complexity index is 955. The second-order valence-corrected chi connectivity index (χ2v) is 7.30. The Hall–Kier alpha value is -2.70. The fraction of sp³-hybridized carbons (Fsp3) is 0.273. The molecule has 7 heteroatoms. The molecular formula is C22H23ClFN3O2. The first-order valence-electron chi connectivity index (χ1n) is 9.38. The number of carbonyl (C=O) groups is 1. The Labute approximate surface area is 174 Å². The zero-order chi connectivity index (χ0) is 20.8. The van der Waals surface area contributed by atoms with Gasteiger partial charge in [-0.3, -0.25) is 4.79 Å². The lowest BCUT2D eigenvalue weighted by molar-refractivity contribution is 0.0951. The summed E-state index contributed by atoms with van der Waals surface area (Å²) in [7, 11) is 2.04. The quantitative estimate of drug-likeness (QED) is 0.542. The van der Waals surface area contributed by atoms with Gasteiger partial charge >= 0.3 is 0 Å². The summed E-state index contributed by atoms with van der Waals surface area (Å²) in [6, 6.07) is 14.5. The van der Waals surface area contributed by atoms with Crippen molar-refractivity contribution in [3.63, 3.8) is 0 Å². The molecule has 0 spiro atoms. The highest BCUT2D eigenvalue weighted by atomic mass is 35.5. The van der Waals surface area contributed by atoms with Crippen LogP contribution in [0.4, 0.5) is 4.39 Å². The van der Waals surface area contributed by atoms with E-state index in [0.29, 0.717) is 12.3 Å². The molecule has 1 aromatic heterocycles. The van der Waals surface area contributed by atoms with Crippen LogP contribution in [-0.4, -0.2) is 36.1 Å². The fourth-order valence-corrected chi connectivity index (χ4v) is 3.40. The van der Waals surface area contributed by atoms with E-state index in [2.05, 4.69) is 27.5 Å². The third-order valence-corrected chi connectivity index (χ3v) is 4.90. The number of nitrogens with zero attached hydrogens (tertiary/aromatic N) is 2. The first-order valence-corrected chi connectivity index (χ1v) is 9.76. The molecule has 0 aliphatic carbocycles. The van der Waals surface area contributed by atoms with Crippen molar-refractivity contribution in [1.82, 2.24) is 15.4 Å². The Morgan fingerprint density at radius 3 is 2.69 bits per heavy atom. The van der Waals surface area contributed by atoms with Gasteiger partial charge in [-0.05, 0) is 44.6 Å². The number of aryl methyl sites for hydroxylation is 1. The van der Waals surface area contributed by atoms with Crippen molar-refractivity contribution in [1.29, 1.82) is 0 Å². The third-order valence-electron chi connectivity index (χ3n) is 4.59. The maximum atomic E-state index is 14.3. The maximum absolute atomic E-state index is 14.3. The maximum Gasteiger partial charge on any atom is 0.257 e. The number of carbonyl (C=O) groups excluding carboxylic acids is 1. The highest BCUT2D eigenvalue weighted by Crippen LogP contribution is 2.33. The van der Waals surface area contributed by atoms with Crippen molar-refractivity contribution in [2.24, 2.45) is 0 Å². The topological polar surface area (TPSA) is 58.4 Å². The van der Waals surface area contributed by atoms with Crippen molar-refractivity contribution < 1.29 is 13.7 Å². The molecule has 0 aliphatic heterocycles. The molecule has 152 valence electrons. The fourth-order valence-electron chi connectivity index (χ4n) is 3.15. The minimum absolute atomic E-state index is 0.0683. The van der Waals surface area contributed by atoms with Gasteiger partial charge in [-0.25, -0.2) is 4.39 Å². The molecule has 1 heterocycles. The summed E-state index contributed by atoms with van der Waals surface area (Å²) in [5.74, 6) is -0.593. The molecule has 1 amide bonds. The van der Waals surface area contributed by atoms with Gasteiger partial charge in [0.1, 0.15) is 22.8 Å². The van der Waals surface area contributed by atoms with Gasteiger partial charge in [0.25, 0.3) is 5.91 Å². The SMILES string of the molecule is Cc1onc(-c2c(F)cccc2Cl)c1C(=O)NCCCN(C)Cc1ccccc1. The lowest BCUT2D eigenvalue weighted by Gasteiger charge is -2.16. The molecule has 0 unspecified atom stereocenters. The molecule has 3 aromatic rings. The number of aromatic nitrogens is 1. The molecule has 0 atom stereocenters. The number of halogens is 2. The van der Waals surface area contributed by atoms with Crippen LogP contribution in [0.2, 0.25) is 5.02 Å². The van der Waals surface area contributed by atoms with Crippen molar-refractivity contribution in [2.45, 2.75) is 19.9 Å². The number of benzene rings is 2. The van der Waals surface area contributed by atoms with Gasteiger partial charge < -0.3 is 14.7 Å². The van der Waals surface area contributed by atoms with Crippen LogP contribution in [0, 0.1) is 12.7 Å². The number of amides is 1. The van der Waals surface area contributed by atoms with Gasteiger partial charge in [0.2, 0.25) is 0 Å². The van der Waals surface area contributed by atoms with Gasteiger partial charge in [-0.1, -0.05) is 53.2 Å². The minimum Gasteiger partial charge on any atom is -0.360 e. The molecule has 3 rings (SSSR count). The van der Waals surface area contributed by atoms with Gasteiger partial charge in [0.05, 0.1) is 10.6 Å². The summed E-state index contributed by atoms with van der Waals surface area (Å²) >= 11 is 6.12. The lowest BCUT2D eigenvalue weighted by Crippen LogP contribution is -2.28. The standard InChI is InChI=1S/C22H23ClFN3O2/c1-15-19(21(26-29-15)20-17(23)10-6-11-18(20)24)22(28)25-12-7-13-27(2)14-16-8-4-3-5-9-16/h3-6,8-11H,7,12-14H2,1-2H3,(H,25,28). The highest BCUT2D eigenvalue weighted by Gasteiger charge is 2.25. The zero-order valence-corrected chi connectivity index (χ0v) is 17.2. The van der Waals surface area contributed by atoms with Crippen molar-refractivity contribution in [3.8, 4) is 11.3 Å². The first kappa shape index (κ1) is 21.0. The number of rotatable bonds is 8. The highest BCUT2D eigenvalue weighted by molar-refractivity contribution is 6.33. The molecule has 0 saturated carbocycles. The van der Waals surface area contributed by atoms with Gasteiger partial charge in [-0.2, -0.15) is 0 Å². The predicted octanol–water partition coefficient (Wildman–Crippen LogP) is 4.69. The number of hydrogen-bond acceptors (Lipinski definition) is 4. The van der Waals surface area contributed by atoms with E-state index in [9.17, 15) is 9.18 Å². The van der Waals surface area contributed by atoms with Crippen LogP contribution in [0.25, 0.3) is 11.3 Å². The van der Waals surface area contributed by atoms with Crippen molar-refractivity contribution in [3.05, 3.63) is 76.3 Å². The second-order valence-electron chi connectivity index (χ2n) is 6.89. The molecule has 0 saturated heterocycles.